The summed E-state index contributed by atoms with van der Waals surface area (Å²) in [6.45, 7) is 6.28. The normalized spacial score (nSPS) is 19.0. The van der Waals surface area contributed by atoms with Crippen molar-refractivity contribution in [3.63, 3.8) is 0 Å². The first-order chi connectivity index (χ1) is 8.09. The van der Waals surface area contributed by atoms with E-state index in [2.05, 4.69) is 25.2 Å². The zero-order valence-corrected chi connectivity index (χ0v) is 10.6. The minimum atomic E-state index is -0.663. The van der Waals surface area contributed by atoms with Crippen molar-refractivity contribution in [3.05, 3.63) is 29.3 Å². The van der Waals surface area contributed by atoms with E-state index in [0.29, 0.717) is 6.61 Å². The summed E-state index contributed by atoms with van der Waals surface area (Å²) in [5.41, 5.74) is 1.82. The lowest BCUT2D eigenvalue weighted by atomic mass is 9.93. The second-order valence-electron chi connectivity index (χ2n) is 5.01. The van der Waals surface area contributed by atoms with Crippen molar-refractivity contribution in [1.29, 1.82) is 0 Å². The highest BCUT2D eigenvalue weighted by atomic mass is 16.5. The molecule has 3 nitrogen and oxygen atoms in total. The van der Waals surface area contributed by atoms with Crippen molar-refractivity contribution in [2.75, 3.05) is 19.7 Å². The standard InChI is InChI=1S/C14H21NO2/c1-11-3-4-13(9-12(11)2)17-10-14(16)5-7-15-8-6-14/h3-4,9,15-16H,5-8,10H2,1-2H3. The van der Waals surface area contributed by atoms with Crippen LogP contribution in [0.5, 0.6) is 5.75 Å². The number of nitrogens with one attached hydrogen (secondary N) is 1. The summed E-state index contributed by atoms with van der Waals surface area (Å²) in [6, 6.07) is 6.05. The van der Waals surface area contributed by atoms with Crippen LogP contribution in [0.2, 0.25) is 0 Å². The summed E-state index contributed by atoms with van der Waals surface area (Å²) in [5, 5.41) is 13.5. The second kappa shape index (κ2) is 5.07. The number of ether oxygens (including phenoxy) is 1. The van der Waals surface area contributed by atoms with E-state index in [4.69, 9.17) is 4.74 Å². The Morgan fingerprint density at radius 3 is 2.59 bits per heavy atom. The van der Waals surface area contributed by atoms with Crippen LogP contribution in [0.3, 0.4) is 0 Å². The first-order valence-corrected chi connectivity index (χ1v) is 6.22. The SMILES string of the molecule is Cc1ccc(OCC2(O)CCNCC2)cc1C. The maximum Gasteiger partial charge on any atom is 0.119 e. The topological polar surface area (TPSA) is 41.5 Å². The van der Waals surface area contributed by atoms with Gasteiger partial charge in [-0.3, -0.25) is 0 Å². The van der Waals surface area contributed by atoms with Gasteiger partial charge >= 0.3 is 0 Å². The van der Waals surface area contributed by atoms with E-state index in [9.17, 15) is 5.11 Å². The van der Waals surface area contributed by atoms with Crippen LogP contribution in [-0.4, -0.2) is 30.4 Å². The Balaban J connectivity index is 1.94. The Bertz CT molecular complexity index is 384. The van der Waals surface area contributed by atoms with Gasteiger partial charge in [0.05, 0.1) is 0 Å². The van der Waals surface area contributed by atoms with E-state index >= 15 is 0 Å². The van der Waals surface area contributed by atoms with Crippen LogP contribution in [-0.2, 0) is 0 Å². The summed E-state index contributed by atoms with van der Waals surface area (Å²) in [7, 11) is 0. The molecule has 0 aliphatic carbocycles. The molecular formula is C14H21NO2. The minimum Gasteiger partial charge on any atom is -0.491 e. The number of piperidine rings is 1. The molecule has 1 aliphatic rings. The van der Waals surface area contributed by atoms with Crippen LogP contribution in [0.15, 0.2) is 18.2 Å². The average molecular weight is 235 g/mol. The fourth-order valence-electron chi connectivity index (χ4n) is 2.06. The second-order valence-corrected chi connectivity index (χ2v) is 5.01. The third kappa shape index (κ3) is 3.20. The third-order valence-electron chi connectivity index (χ3n) is 3.52. The monoisotopic (exact) mass is 235 g/mol. The van der Waals surface area contributed by atoms with Gasteiger partial charge in [-0.25, -0.2) is 0 Å². The molecule has 2 rings (SSSR count). The van der Waals surface area contributed by atoms with E-state index in [-0.39, 0.29) is 0 Å². The zero-order chi connectivity index (χ0) is 12.3. The van der Waals surface area contributed by atoms with Crippen LogP contribution >= 0.6 is 0 Å². The highest BCUT2D eigenvalue weighted by molar-refractivity contribution is 5.33. The number of hydrogen-bond acceptors (Lipinski definition) is 3. The van der Waals surface area contributed by atoms with Gasteiger partial charge in [0.15, 0.2) is 0 Å². The number of aliphatic hydroxyl groups is 1. The first-order valence-electron chi connectivity index (χ1n) is 6.22. The van der Waals surface area contributed by atoms with Gasteiger partial charge in [0.2, 0.25) is 0 Å². The van der Waals surface area contributed by atoms with Crippen molar-refractivity contribution >= 4 is 0 Å². The quantitative estimate of drug-likeness (QED) is 0.839. The predicted octanol–water partition coefficient (Wildman–Crippen LogP) is 1.80. The molecule has 1 heterocycles. The Hall–Kier alpha value is -1.06. The number of hydrogen-bond donors (Lipinski definition) is 2. The van der Waals surface area contributed by atoms with E-state index in [1.165, 1.54) is 11.1 Å². The van der Waals surface area contributed by atoms with Gasteiger partial charge in [-0.05, 0) is 63.0 Å². The lowest BCUT2D eigenvalue weighted by Crippen LogP contribution is -2.45. The number of rotatable bonds is 3. The maximum atomic E-state index is 10.3. The Morgan fingerprint density at radius 1 is 1.24 bits per heavy atom. The first kappa shape index (κ1) is 12.4. The molecule has 1 fully saturated rings. The Kier molecular flexibility index (Phi) is 3.69. The van der Waals surface area contributed by atoms with Crippen molar-refractivity contribution in [3.8, 4) is 5.75 Å². The molecule has 0 spiro atoms. The number of benzene rings is 1. The number of aryl methyl sites for hydroxylation is 2. The molecule has 1 aromatic carbocycles. The summed E-state index contributed by atoms with van der Waals surface area (Å²) in [4.78, 5) is 0. The molecule has 0 bridgehead atoms. The molecule has 2 N–H and O–H groups in total. The zero-order valence-electron chi connectivity index (χ0n) is 10.6. The van der Waals surface area contributed by atoms with Gasteiger partial charge < -0.3 is 15.2 Å². The molecule has 0 atom stereocenters. The Morgan fingerprint density at radius 2 is 1.94 bits per heavy atom. The van der Waals surface area contributed by atoms with Crippen molar-refractivity contribution < 1.29 is 9.84 Å². The molecule has 1 aliphatic heterocycles. The summed E-state index contributed by atoms with van der Waals surface area (Å²) < 4.78 is 5.71. The molecular weight excluding hydrogens is 214 g/mol. The molecule has 0 unspecified atom stereocenters. The Labute approximate surface area is 103 Å². The van der Waals surface area contributed by atoms with Crippen LogP contribution in [0.4, 0.5) is 0 Å². The van der Waals surface area contributed by atoms with E-state index in [1.807, 2.05) is 12.1 Å². The van der Waals surface area contributed by atoms with Crippen LogP contribution < -0.4 is 10.1 Å². The lowest BCUT2D eigenvalue weighted by Gasteiger charge is -2.32. The fraction of sp³-hybridized carbons (Fsp3) is 0.571. The molecule has 1 aromatic rings. The van der Waals surface area contributed by atoms with Crippen molar-refractivity contribution in [2.24, 2.45) is 0 Å². The lowest BCUT2D eigenvalue weighted by molar-refractivity contribution is -0.0286. The van der Waals surface area contributed by atoms with E-state index in [0.717, 1.165) is 31.7 Å². The molecule has 0 radical (unpaired) electrons. The summed E-state index contributed by atoms with van der Waals surface area (Å²) in [5.74, 6) is 0.847. The largest absolute Gasteiger partial charge is 0.491 e. The van der Waals surface area contributed by atoms with E-state index in [1.54, 1.807) is 0 Å². The van der Waals surface area contributed by atoms with Gasteiger partial charge in [-0.1, -0.05) is 6.07 Å². The van der Waals surface area contributed by atoms with E-state index < -0.39 is 5.60 Å². The fourth-order valence-corrected chi connectivity index (χ4v) is 2.06. The average Bonchev–Trinajstić information content (AvgIpc) is 2.32. The molecule has 1 saturated heterocycles. The van der Waals surface area contributed by atoms with Crippen LogP contribution in [0.1, 0.15) is 24.0 Å². The van der Waals surface area contributed by atoms with Gasteiger partial charge in [0.1, 0.15) is 18.0 Å². The summed E-state index contributed by atoms with van der Waals surface area (Å²) >= 11 is 0. The highest BCUT2D eigenvalue weighted by Crippen LogP contribution is 2.22. The van der Waals surface area contributed by atoms with Gasteiger partial charge in [0.25, 0.3) is 0 Å². The van der Waals surface area contributed by atoms with Gasteiger partial charge in [0, 0.05) is 0 Å². The van der Waals surface area contributed by atoms with Gasteiger partial charge in [-0.2, -0.15) is 0 Å². The highest BCUT2D eigenvalue weighted by Gasteiger charge is 2.29. The molecule has 0 amide bonds. The summed E-state index contributed by atoms with van der Waals surface area (Å²) in [6.07, 6.45) is 1.52. The maximum absolute atomic E-state index is 10.3. The predicted molar refractivity (Wildman–Crippen MR) is 68.5 cm³/mol. The third-order valence-corrected chi connectivity index (χ3v) is 3.52. The molecule has 0 aromatic heterocycles. The molecule has 17 heavy (non-hydrogen) atoms. The molecule has 0 saturated carbocycles. The van der Waals surface area contributed by atoms with Crippen molar-refractivity contribution in [1.82, 2.24) is 5.32 Å². The molecule has 3 heteroatoms. The van der Waals surface area contributed by atoms with Crippen molar-refractivity contribution in [2.45, 2.75) is 32.3 Å². The van der Waals surface area contributed by atoms with Crippen LogP contribution in [0, 0.1) is 13.8 Å². The van der Waals surface area contributed by atoms with Gasteiger partial charge in [-0.15, -0.1) is 0 Å². The minimum absolute atomic E-state index is 0.386. The molecule has 94 valence electrons. The smallest absolute Gasteiger partial charge is 0.119 e. The van der Waals surface area contributed by atoms with Crippen LogP contribution in [0.25, 0.3) is 0 Å².